The van der Waals surface area contributed by atoms with Gasteiger partial charge in [0, 0.05) is 27.8 Å². The van der Waals surface area contributed by atoms with Crippen LogP contribution in [-0.4, -0.2) is 10.9 Å². The molecule has 190 valence electrons. The Morgan fingerprint density at radius 3 is 1.97 bits per heavy atom. The van der Waals surface area contributed by atoms with E-state index in [-0.39, 0.29) is 29.3 Å². The lowest BCUT2D eigenvalue weighted by atomic mass is 9.96. The Morgan fingerprint density at radius 2 is 1.36 bits per heavy atom. The second-order valence-corrected chi connectivity index (χ2v) is 10.3. The summed E-state index contributed by atoms with van der Waals surface area (Å²) in [5.41, 5.74) is 2.88. The third-order valence-corrected chi connectivity index (χ3v) is 7.90. The molecule has 1 N–H and O–H groups in total. The Kier molecular flexibility index (Phi) is 6.98. The van der Waals surface area contributed by atoms with E-state index in [1.165, 1.54) is 37.1 Å². The van der Waals surface area contributed by atoms with E-state index < -0.39 is 6.10 Å². The summed E-state index contributed by atoms with van der Waals surface area (Å²) >= 11 is 0. The minimum absolute atomic E-state index is 0.0848. The minimum atomic E-state index is -0.553. The van der Waals surface area contributed by atoms with E-state index in [0.29, 0.717) is 28.1 Å². The summed E-state index contributed by atoms with van der Waals surface area (Å²) in [4.78, 5) is 12.3. The molecule has 0 radical (unpaired) electrons. The van der Waals surface area contributed by atoms with Gasteiger partial charge in [0.15, 0.2) is 5.76 Å². The van der Waals surface area contributed by atoms with Crippen molar-refractivity contribution in [3.63, 3.8) is 0 Å². The maximum Gasteiger partial charge on any atom is 0.201 e. The van der Waals surface area contributed by atoms with E-state index in [9.17, 15) is 18.7 Å². The molecule has 2 aromatic carbocycles. The van der Waals surface area contributed by atoms with Crippen molar-refractivity contribution in [1.82, 2.24) is 0 Å². The summed E-state index contributed by atoms with van der Waals surface area (Å²) in [6, 6.07) is 8.86. The molecule has 1 unspecified atom stereocenters. The second-order valence-electron chi connectivity index (χ2n) is 10.3. The molecule has 36 heavy (non-hydrogen) atoms. The molecule has 0 bridgehead atoms. The monoisotopic (exact) mass is 494 g/mol. The zero-order valence-corrected chi connectivity index (χ0v) is 20.8. The van der Waals surface area contributed by atoms with Gasteiger partial charge in [0.1, 0.15) is 34.7 Å². The SMILES string of the molecule is Cc1c(C(=O)C2CCCC2)oc2ccc(F)cc12.Cc1c(C(O)C2CCCC2)oc2ccc(F)cc12. The largest absolute Gasteiger partial charge is 0.458 e. The van der Waals surface area contributed by atoms with Gasteiger partial charge in [-0.1, -0.05) is 25.7 Å². The number of aliphatic hydroxyl groups excluding tert-OH is 1. The zero-order chi connectivity index (χ0) is 25.4. The van der Waals surface area contributed by atoms with Crippen LogP contribution >= 0.6 is 0 Å². The highest BCUT2D eigenvalue weighted by atomic mass is 19.1. The molecule has 2 heterocycles. The Labute approximate surface area is 209 Å². The van der Waals surface area contributed by atoms with Gasteiger partial charge in [-0.3, -0.25) is 4.79 Å². The van der Waals surface area contributed by atoms with Crippen LogP contribution < -0.4 is 0 Å². The number of benzene rings is 2. The highest BCUT2D eigenvalue weighted by molar-refractivity contribution is 6.01. The van der Waals surface area contributed by atoms with Crippen molar-refractivity contribution in [3.8, 4) is 0 Å². The highest BCUT2D eigenvalue weighted by Gasteiger charge is 2.29. The first-order valence-electron chi connectivity index (χ1n) is 12.9. The fourth-order valence-electron chi connectivity index (χ4n) is 5.78. The molecule has 6 rings (SSSR count). The second kappa shape index (κ2) is 10.2. The van der Waals surface area contributed by atoms with E-state index in [2.05, 4.69) is 0 Å². The van der Waals surface area contributed by atoms with Gasteiger partial charge in [-0.15, -0.1) is 0 Å². The van der Waals surface area contributed by atoms with Gasteiger partial charge in [-0.2, -0.15) is 0 Å². The smallest absolute Gasteiger partial charge is 0.201 e. The Balaban J connectivity index is 0.000000148. The van der Waals surface area contributed by atoms with Gasteiger partial charge in [0.25, 0.3) is 0 Å². The number of rotatable bonds is 4. The van der Waals surface area contributed by atoms with Gasteiger partial charge in [-0.25, -0.2) is 8.78 Å². The van der Waals surface area contributed by atoms with Crippen LogP contribution in [0.1, 0.15) is 84.9 Å². The molecule has 2 aromatic heterocycles. The van der Waals surface area contributed by atoms with Crippen LogP contribution in [0.5, 0.6) is 0 Å². The number of furan rings is 2. The summed E-state index contributed by atoms with van der Waals surface area (Å²) in [6.45, 7) is 3.71. The Bertz CT molecular complexity index is 1390. The number of aliphatic hydroxyl groups is 1. The third kappa shape index (κ3) is 4.71. The number of carbonyl (C=O) groups is 1. The standard InChI is InChI=1S/C15H17FO2.C15H15FO2/c2*1-9-12-8-11(16)6-7-13(12)18-15(9)14(17)10-4-2-3-5-10/h6-8,10,14,17H,2-5H2,1H3;6-8,10H,2-5H2,1H3. The zero-order valence-electron chi connectivity index (χ0n) is 20.8. The molecule has 2 fully saturated rings. The molecule has 4 nitrogen and oxygen atoms in total. The summed E-state index contributed by atoms with van der Waals surface area (Å²) in [5, 5.41) is 11.9. The maximum atomic E-state index is 13.2. The molecule has 2 aliphatic carbocycles. The van der Waals surface area contributed by atoms with Gasteiger partial charge in [0.2, 0.25) is 5.78 Å². The Morgan fingerprint density at radius 1 is 0.833 bits per heavy atom. The normalized spacial score (nSPS) is 17.6. The lowest BCUT2D eigenvalue weighted by molar-refractivity contribution is 0.0894. The molecule has 0 spiro atoms. The van der Waals surface area contributed by atoms with Crippen LogP contribution in [0.2, 0.25) is 0 Å². The molecule has 6 heteroatoms. The number of hydrogen-bond acceptors (Lipinski definition) is 4. The average Bonchev–Trinajstić information content (AvgIpc) is 3.68. The summed E-state index contributed by atoms with van der Waals surface area (Å²) in [6.07, 6.45) is 8.02. The van der Waals surface area contributed by atoms with Crippen LogP contribution in [0.25, 0.3) is 21.9 Å². The van der Waals surface area contributed by atoms with E-state index >= 15 is 0 Å². The van der Waals surface area contributed by atoms with E-state index in [1.807, 2.05) is 13.8 Å². The van der Waals surface area contributed by atoms with Crippen LogP contribution in [0.4, 0.5) is 8.78 Å². The van der Waals surface area contributed by atoms with Crippen LogP contribution in [0.15, 0.2) is 45.2 Å². The van der Waals surface area contributed by atoms with Crippen LogP contribution in [0, 0.1) is 37.3 Å². The van der Waals surface area contributed by atoms with Crippen LogP contribution in [-0.2, 0) is 0 Å². The van der Waals surface area contributed by atoms with E-state index in [4.69, 9.17) is 8.83 Å². The molecule has 4 aromatic rings. The van der Waals surface area contributed by atoms with Gasteiger partial charge < -0.3 is 13.9 Å². The van der Waals surface area contributed by atoms with E-state index in [1.54, 1.807) is 12.1 Å². The molecule has 0 aliphatic heterocycles. The van der Waals surface area contributed by atoms with Gasteiger partial charge in [0.05, 0.1) is 0 Å². The first-order valence-corrected chi connectivity index (χ1v) is 12.9. The third-order valence-electron chi connectivity index (χ3n) is 7.90. The molecule has 0 amide bonds. The molecular formula is C30H32F2O4. The van der Waals surface area contributed by atoms with E-state index in [0.717, 1.165) is 55.0 Å². The fraction of sp³-hybridized carbons (Fsp3) is 0.433. The topological polar surface area (TPSA) is 63.6 Å². The van der Waals surface area contributed by atoms with Crippen molar-refractivity contribution in [1.29, 1.82) is 0 Å². The average molecular weight is 495 g/mol. The first-order chi connectivity index (χ1) is 17.3. The first kappa shape index (κ1) is 24.7. The minimum Gasteiger partial charge on any atom is -0.458 e. The predicted molar refractivity (Wildman–Crippen MR) is 135 cm³/mol. The number of aryl methyl sites for hydroxylation is 2. The predicted octanol–water partition coefficient (Wildman–Crippen LogP) is 8.36. The van der Waals surface area contributed by atoms with Gasteiger partial charge in [-0.05, 0) is 81.8 Å². The number of fused-ring (bicyclic) bond motifs is 2. The van der Waals surface area contributed by atoms with Crippen molar-refractivity contribution in [2.45, 2.75) is 71.3 Å². The number of hydrogen-bond donors (Lipinski definition) is 1. The van der Waals surface area contributed by atoms with Crippen molar-refractivity contribution < 1.29 is 27.5 Å². The number of halogens is 2. The molecule has 2 saturated carbocycles. The number of carbonyl (C=O) groups excluding carboxylic acids is 1. The van der Waals surface area contributed by atoms with Gasteiger partial charge >= 0.3 is 0 Å². The number of ketones is 1. The quantitative estimate of drug-likeness (QED) is 0.290. The van der Waals surface area contributed by atoms with Crippen molar-refractivity contribution in [2.24, 2.45) is 11.8 Å². The summed E-state index contributed by atoms with van der Waals surface area (Å²) in [5.74, 6) is 0.925. The number of Topliss-reactive ketones (excluding diaryl/α,β-unsaturated/α-hetero) is 1. The highest BCUT2D eigenvalue weighted by Crippen LogP contribution is 2.39. The fourth-order valence-corrected chi connectivity index (χ4v) is 5.78. The van der Waals surface area contributed by atoms with Crippen molar-refractivity contribution >= 4 is 27.7 Å². The molecule has 2 aliphatic rings. The van der Waals surface area contributed by atoms with Crippen molar-refractivity contribution in [3.05, 3.63) is 70.7 Å². The van der Waals surface area contributed by atoms with Crippen LogP contribution in [0.3, 0.4) is 0 Å². The van der Waals surface area contributed by atoms with Crippen molar-refractivity contribution in [2.75, 3.05) is 0 Å². The molecule has 1 atom stereocenters. The summed E-state index contributed by atoms with van der Waals surface area (Å²) < 4.78 is 37.7. The Hall–Kier alpha value is -2.99. The summed E-state index contributed by atoms with van der Waals surface area (Å²) in [7, 11) is 0. The lowest BCUT2D eigenvalue weighted by Crippen LogP contribution is -2.11. The lowest BCUT2D eigenvalue weighted by Gasteiger charge is -2.15. The maximum absolute atomic E-state index is 13.2. The molecular weight excluding hydrogens is 462 g/mol. The molecule has 0 saturated heterocycles.